The number of ketones is 1. The van der Waals surface area contributed by atoms with Crippen molar-refractivity contribution >= 4 is 17.5 Å². The normalized spacial score (nSPS) is 18.8. The summed E-state index contributed by atoms with van der Waals surface area (Å²) in [6.45, 7) is 4.79. The zero-order valence-electron chi connectivity index (χ0n) is 19.8. The number of hydrogen-bond donors (Lipinski definition) is 0. The summed E-state index contributed by atoms with van der Waals surface area (Å²) in [6, 6.07) is 6.72. The number of fused-ring (bicyclic) bond motifs is 1. The van der Waals surface area contributed by atoms with Crippen LogP contribution in [0.1, 0.15) is 74.1 Å². The summed E-state index contributed by atoms with van der Waals surface area (Å²) in [5.74, 6) is 0.262. The number of benzene rings is 1. The lowest BCUT2D eigenvalue weighted by Gasteiger charge is -2.26. The minimum absolute atomic E-state index is 0.0907. The van der Waals surface area contributed by atoms with Crippen molar-refractivity contribution in [2.45, 2.75) is 71.3 Å². The monoisotopic (exact) mass is 463 g/mol. The van der Waals surface area contributed by atoms with E-state index in [1.807, 2.05) is 11.8 Å². The van der Waals surface area contributed by atoms with E-state index >= 15 is 0 Å². The van der Waals surface area contributed by atoms with Crippen molar-refractivity contribution in [1.29, 1.82) is 0 Å². The Morgan fingerprint density at radius 3 is 2.65 bits per heavy atom. The SMILES string of the molecule is CCc1cc(C(=O)N2CCCCCC2C)nc2nc(-c3ccc(CC(=O)C4CC4)cc3F)nn12. The van der Waals surface area contributed by atoms with Crippen molar-refractivity contribution in [3.63, 3.8) is 0 Å². The first-order valence-electron chi connectivity index (χ1n) is 12.3. The average Bonchev–Trinajstić information content (AvgIpc) is 3.62. The maximum Gasteiger partial charge on any atom is 0.272 e. The Bertz CT molecular complexity index is 1250. The van der Waals surface area contributed by atoms with Crippen molar-refractivity contribution < 1.29 is 14.0 Å². The Morgan fingerprint density at radius 2 is 1.91 bits per heavy atom. The molecular formula is C26H30FN5O2. The molecule has 1 aliphatic heterocycles. The topological polar surface area (TPSA) is 80.5 Å². The standard InChI is InChI=1S/C26H30FN5O2/c1-3-19-15-22(25(34)31-12-6-4-5-7-16(31)2)28-26-29-24(30-32(19)26)20-11-8-17(13-21(20)27)14-23(33)18-9-10-18/h8,11,13,15-16,18H,3-7,9-10,12,14H2,1-2H3. The van der Waals surface area contributed by atoms with E-state index in [1.165, 1.54) is 6.07 Å². The summed E-state index contributed by atoms with van der Waals surface area (Å²) in [4.78, 5) is 36.3. The van der Waals surface area contributed by atoms with E-state index in [2.05, 4.69) is 22.0 Å². The van der Waals surface area contributed by atoms with Gasteiger partial charge in [0.1, 0.15) is 17.3 Å². The molecule has 1 atom stereocenters. The molecule has 2 aliphatic rings. The summed E-state index contributed by atoms with van der Waals surface area (Å²) < 4.78 is 16.5. The van der Waals surface area contributed by atoms with Crippen LogP contribution < -0.4 is 0 Å². The second-order valence-electron chi connectivity index (χ2n) is 9.56. The van der Waals surface area contributed by atoms with Gasteiger partial charge >= 0.3 is 0 Å². The van der Waals surface area contributed by atoms with Crippen LogP contribution in [0.5, 0.6) is 0 Å². The van der Waals surface area contributed by atoms with Crippen LogP contribution in [0.25, 0.3) is 17.2 Å². The Labute approximate surface area is 198 Å². The van der Waals surface area contributed by atoms with E-state index in [1.54, 1.807) is 22.7 Å². The fourth-order valence-corrected chi connectivity index (χ4v) is 4.73. The molecule has 0 radical (unpaired) electrons. The van der Waals surface area contributed by atoms with Crippen molar-refractivity contribution in [3.8, 4) is 11.4 Å². The molecular weight excluding hydrogens is 433 g/mol. The van der Waals surface area contributed by atoms with Gasteiger partial charge in [0, 0.05) is 30.6 Å². The predicted octanol–water partition coefficient (Wildman–Crippen LogP) is 4.42. The molecule has 5 rings (SSSR count). The predicted molar refractivity (Wildman–Crippen MR) is 126 cm³/mol. The highest BCUT2D eigenvalue weighted by molar-refractivity contribution is 5.93. The van der Waals surface area contributed by atoms with E-state index in [4.69, 9.17) is 0 Å². The van der Waals surface area contributed by atoms with E-state index in [0.717, 1.165) is 50.8 Å². The summed E-state index contributed by atoms with van der Waals surface area (Å²) in [6.07, 6.45) is 7.01. The van der Waals surface area contributed by atoms with Crippen molar-refractivity contribution in [2.75, 3.05) is 6.54 Å². The van der Waals surface area contributed by atoms with Gasteiger partial charge in [-0.1, -0.05) is 25.8 Å². The number of amides is 1. The number of Topliss-reactive ketones (excluding diaryl/α,β-unsaturated/α-hetero) is 1. The van der Waals surface area contributed by atoms with Gasteiger partial charge in [0.05, 0.1) is 5.56 Å². The highest BCUT2D eigenvalue weighted by Gasteiger charge is 2.29. The molecule has 0 N–H and O–H groups in total. The Balaban J connectivity index is 1.46. The van der Waals surface area contributed by atoms with Crippen molar-refractivity contribution in [3.05, 3.63) is 47.0 Å². The minimum atomic E-state index is -0.468. The number of halogens is 1. The molecule has 3 heterocycles. The summed E-state index contributed by atoms with van der Waals surface area (Å²) >= 11 is 0. The van der Waals surface area contributed by atoms with Crippen molar-refractivity contribution in [2.24, 2.45) is 5.92 Å². The molecule has 0 bridgehead atoms. The lowest BCUT2D eigenvalue weighted by Crippen LogP contribution is -2.38. The van der Waals surface area contributed by atoms with Gasteiger partial charge in [-0.25, -0.2) is 13.9 Å². The number of nitrogens with zero attached hydrogens (tertiary/aromatic N) is 5. The molecule has 178 valence electrons. The molecule has 0 spiro atoms. The number of likely N-dealkylation sites (tertiary alicyclic amines) is 1. The Morgan fingerprint density at radius 1 is 1.09 bits per heavy atom. The number of aromatic nitrogens is 4. The zero-order valence-corrected chi connectivity index (χ0v) is 19.8. The van der Waals surface area contributed by atoms with E-state index in [9.17, 15) is 14.0 Å². The molecule has 7 nitrogen and oxygen atoms in total. The third kappa shape index (κ3) is 4.45. The fraction of sp³-hybridized carbons (Fsp3) is 0.500. The number of carbonyl (C=O) groups excluding carboxylic acids is 2. The molecule has 1 unspecified atom stereocenters. The summed E-state index contributed by atoms with van der Waals surface area (Å²) in [7, 11) is 0. The van der Waals surface area contributed by atoms with Gasteiger partial charge in [-0.15, -0.1) is 5.10 Å². The smallest absolute Gasteiger partial charge is 0.272 e. The van der Waals surface area contributed by atoms with Crippen LogP contribution in [0.3, 0.4) is 0 Å². The third-order valence-corrected chi connectivity index (χ3v) is 6.97. The maximum absolute atomic E-state index is 15.0. The third-order valence-electron chi connectivity index (χ3n) is 6.97. The largest absolute Gasteiger partial charge is 0.335 e. The number of aryl methyl sites for hydroxylation is 1. The van der Waals surface area contributed by atoms with Crippen molar-refractivity contribution in [1.82, 2.24) is 24.5 Å². The van der Waals surface area contributed by atoms with E-state index < -0.39 is 5.82 Å². The molecule has 2 aromatic heterocycles. The molecule has 1 aromatic carbocycles. The quantitative estimate of drug-likeness (QED) is 0.541. The highest BCUT2D eigenvalue weighted by Crippen LogP contribution is 2.31. The lowest BCUT2D eigenvalue weighted by atomic mass is 10.0. The average molecular weight is 464 g/mol. The number of rotatable bonds is 6. The molecule has 3 aromatic rings. The van der Waals surface area contributed by atoms with Crippen LogP contribution in [0.2, 0.25) is 0 Å². The molecule has 2 fully saturated rings. The van der Waals surface area contributed by atoms with Gasteiger partial charge in [-0.05, 0) is 62.8 Å². The van der Waals surface area contributed by atoms with Gasteiger partial charge in [0.15, 0.2) is 5.82 Å². The second-order valence-corrected chi connectivity index (χ2v) is 9.56. The van der Waals surface area contributed by atoms with Crippen LogP contribution in [0.4, 0.5) is 4.39 Å². The van der Waals surface area contributed by atoms with Gasteiger partial charge in [0.2, 0.25) is 0 Å². The molecule has 1 saturated heterocycles. The van der Waals surface area contributed by atoms with E-state index in [-0.39, 0.29) is 47.2 Å². The first-order valence-corrected chi connectivity index (χ1v) is 12.3. The van der Waals surface area contributed by atoms with Crippen LogP contribution >= 0.6 is 0 Å². The second kappa shape index (κ2) is 9.24. The van der Waals surface area contributed by atoms with Crippen LogP contribution in [0.15, 0.2) is 24.3 Å². The summed E-state index contributed by atoms with van der Waals surface area (Å²) in [5, 5.41) is 4.50. The Kier molecular flexibility index (Phi) is 6.15. The Hall–Kier alpha value is -3.16. The summed E-state index contributed by atoms with van der Waals surface area (Å²) in [5.41, 5.74) is 2.06. The maximum atomic E-state index is 15.0. The number of hydrogen-bond acceptors (Lipinski definition) is 5. The minimum Gasteiger partial charge on any atom is -0.335 e. The van der Waals surface area contributed by atoms with E-state index in [0.29, 0.717) is 17.7 Å². The molecule has 1 saturated carbocycles. The van der Waals surface area contributed by atoms with Crippen LogP contribution in [0, 0.1) is 11.7 Å². The van der Waals surface area contributed by atoms with Crippen LogP contribution in [-0.4, -0.2) is 48.8 Å². The molecule has 34 heavy (non-hydrogen) atoms. The van der Waals surface area contributed by atoms with Crippen LogP contribution in [-0.2, 0) is 17.6 Å². The zero-order chi connectivity index (χ0) is 23.8. The highest BCUT2D eigenvalue weighted by atomic mass is 19.1. The first-order chi connectivity index (χ1) is 16.4. The molecule has 1 aliphatic carbocycles. The number of carbonyl (C=O) groups is 2. The van der Waals surface area contributed by atoms with Gasteiger partial charge in [-0.2, -0.15) is 4.98 Å². The first kappa shape index (κ1) is 22.6. The molecule has 1 amide bonds. The molecule has 8 heteroatoms. The lowest BCUT2D eigenvalue weighted by molar-refractivity contribution is -0.119. The van der Waals surface area contributed by atoms with Gasteiger partial charge < -0.3 is 4.90 Å². The fourth-order valence-electron chi connectivity index (χ4n) is 4.73. The van der Waals surface area contributed by atoms with Gasteiger partial charge in [0.25, 0.3) is 11.7 Å². The van der Waals surface area contributed by atoms with Gasteiger partial charge in [-0.3, -0.25) is 9.59 Å².